The van der Waals surface area contributed by atoms with Gasteiger partial charge in [-0.15, -0.1) is 0 Å². The maximum atomic E-state index is 6.06. The summed E-state index contributed by atoms with van der Waals surface area (Å²) in [6.45, 7) is 3.10. The average Bonchev–Trinajstić information content (AvgIpc) is 2.69. The molecular formula is C21H26ClN3O. The minimum absolute atomic E-state index is 0.0766. The third-order valence-corrected chi connectivity index (χ3v) is 5.24. The number of hydrogen-bond donors (Lipinski definition) is 2. The molecule has 1 fully saturated rings. The minimum Gasteiger partial charge on any atom is -0.381 e. The molecule has 5 heteroatoms. The molecule has 0 saturated carbocycles. The van der Waals surface area contributed by atoms with Crippen LogP contribution in [-0.2, 0) is 16.7 Å². The van der Waals surface area contributed by atoms with Gasteiger partial charge in [-0.05, 0) is 36.1 Å². The molecule has 26 heavy (non-hydrogen) atoms. The first-order valence-electron chi connectivity index (χ1n) is 9.04. The second kappa shape index (κ2) is 9.06. The number of nitrogens with one attached hydrogen (secondary N) is 2. The van der Waals surface area contributed by atoms with E-state index in [0.29, 0.717) is 6.54 Å². The molecular weight excluding hydrogens is 346 g/mol. The molecule has 0 spiro atoms. The summed E-state index contributed by atoms with van der Waals surface area (Å²) in [5, 5.41) is 7.63. The van der Waals surface area contributed by atoms with E-state index in [1.807, 2.05) is 18.2 Å². The first kappa shape index (κ1) is 18.7. The van der Waals surface area contributed by atoms with Crippen LogP contribution < -0.4 is 10.6 Å². The fraction of sp³-hybridized carbons (Fsp3) is 0.381. The van der Waals surface area contributed by atoms with Crippen LogP contribution in [0.15, 0.2) is 59.6 Å². The van der Waals surface area contributed by atoms with Crippen LogP contribution in [0.1, 0.15) is 24.0 Å². The van der Waals surface area contributed by atoms with Gasteiger partial charge < -0.3 is 15.4 Å². The van der Waals surface area contributed by atoms with Crippen LogP contribution in [0.25, 0.3) is 0 Å². The lowest BCUT2D eigenvalue weighted by Crippen LogP contribution is -2.47. The highest BCUT2D eigenvalue weighted by Crippen LogP contribution is 2.34. The molecule has 0 bridgehead atoms. The molecule has 2 N–H and O–H groups in total. The van der Waals surface area contributed by atoms with Crippen molar-refractivity contribution in [3.63, 3.8) is 0 Å². The summed E-state index contributed by atoms with van der Waals surface area (Å²) in [7, 11) is 1.80. The highest BCUT2D eigenvalue weighted by Gasteiger charge is 2.34. The van der Waals surface area contributed by atoms with Crippen molar-refractivity contribution in [2.24, 2.45) is 4.99 Å². The van der Waals surface area contributed by atoms with Gasteiger partial charge in [0.15, 0.2) is 5.96 Å². The van der Waals surface area contributed by atoms with Crippen molar-refractivity contribution in [2.75, 3.05) is 26.8 Å². The Hall–Kier alpha value is -2.04. The summed E-state index contributed by atoms with van der Waals surface area (Å²) >= 11 is 6.06. The topological polar surface area (TPSA) is 45.7 Å². The van der Waals surface area contributed by atoms with Gasteiger partial charge in [0.05, 0.1) is 0 Å². The summed E-state index contributed by atoms with van der Waals surface area (Å²) in [4.78, 5) is 4.36. The highest BCUT2D eigenvalue weighted by molar-refractivity contribution is 6.30. The fourth-order valence-electron chi connectivity index (χ4n) is 3.43. The van der Waals surface area contributed by atoms with Gasteiger partial charge in [0.2, 0.25) is 0 Å². The molecule has 0 atom stereocenters. The summed E-state index contributed by atoms with van der Waals surface area (Å²) in [5.74, 6) is 0.798. The predicted octanol–water partition coefficient (Wildman–Crippen LogP) is 3.75. The van der Waals surface area contributed by atoms with Crippen molar-refractivity contribution in [3.05, 3.63) is 70.7 Å². The van der Waals surface area contributed by atoms with Crippen LogP contribution in [-0.4, -0.2) is 32.8 Å². The third-order valence-electron chi connectivity index (χ3n) is 5.00. The number of benzene rings is 2. The summed E-state index contributed by atoms with van der Waals surface area (Å²) in [6.07, 6.45) is 2.02. The Kier molecular flexibility index (Phi) is 6.53. The molecule has 0 amide bonds. The van der Waals surface area contributed by atoms with Crippen LogP contribution in [0, 0.1) is 0 Å². The predicted molar refractivity (Wildman–Crippen MR) is 108 cm³/mol. The van der Waals surface area contributed by atoms with Gasteiger partial charge in [0.1, 0.15) is 0 Å². The van der Waals surface area contributed by atoms with Crippen molar-refractivity contribution in [1.29, 1.82) is 0 Å². The number of hydrogen-bond acceptors (Lipinski definition) is 2. The first-order valence-corrected chi connectivity index (χ1v) is 9.42. The number of nitrogens with zero attached hydrogens (tertiary/aromatic N) is 1. The Bertz CT molecular complexity index is 727. The van der Waals surface area contributed by atoms with Crippen molar-refractivity contribution in [1.82, 2.24) is 10.6 Å². The SMILES string of the molecule is CN=C(NCc1cccc(Cl)c1)NCC1(c2ccccc2)CCOCC1. The first-order chi connectivity index (χ1) is 12.7. The van der Waals surface area contributed by atoms with Crippen LogP contribution in [0.3, 0.4) is 0 Å². The van der Waals surface area contributed by atoms with Crippen molar-refractivity contribution in [2.45, 2.75) is 24.8 Å². The number of aliphatic imine (C=N–C) groups is 1. The zero-order valence-electron chi connectivity index (χ0n) is 15.2. The van der Waals surface area contributed by atoms with E-state index in [1.165, 1.54) is 5.56 Å². The Morgan fingerprint density at radius 2 is 1.85 bits per heavy atom. The summed E-state index contributed by atoms with van der Waals surface area (Å²) in [5.41, 5.74) is 2.57. The molecule has 1 aliphatic heterocycles. The summed E-state index contributed by atoms with van der Waals surface area (Å²) < 4.78 is 5.61. The number of guanidine groups is 1. The van der Waals surface area contributed by atoms with Gasteiger partial charge in [-0.25, -0.2) is 0 Å². The van der Waals surface area contributed by atoms with Gasteiger partial charge >= 0.3 is 0 Å². The van der Waals surface area contributed by atoms with E-state index in [1.54, 1.807) is 7.05 Å². The van der Waals surface area contributed by atoms with Gasteiger partial charge in [-0.3, -0.25) is 4.99 Å². The lowest BCUT2D eigenvalue weighted by Gasteiger charge is -2.38. The van der Waals surface area contributed by atoms with Crippen LogP contribution >= 0.6 is 11.6 Å². The number of ether oxygens (including phenoxy) is 1. The normalized spacial score (nSPS) is 16.9. The van der Waals surface area contributed by atoms with Gasteiger partial charge in [-0.1, -0.05) is 54.1 Å². The van der Waals surface area contributed by atoms with Crippen LogP contribution in [0.2, 0.25) is 5.02 Å². The average molecular weight is 372 g/mol. The molecule has 2 aromatic carbocycles. The van der Waals surface area contributed by atoms with Crippen molar-refractivity contribution < 1.29 is 4.74 Å². The minimum atomic E-state index is 0.0766. The summed E-state index contributed by atoms with van der Waals surface area (Å²) in [6, 6.07) is 18.6. The molecule has 0 unspecified atom stereocenters. The molecule has 2 aromatic rings. The highest BCUT2D eigenvalue weighted by atomic mass is 35.5. The number of halogens is 1. The molecule has 3 rings (SSSR count). The molecule has 1 heterocycles. The number of rotatable bonds is 5. The largest absolute Gasteiger partial charge is 0.381 e. The molecule has 0 aliphatic carbocycles. The zero-order valence-corrected chi connectivity index (χ0v) is 15.9. The zero-order chi connectivity index (χ0) is 18.2. The second-order valence-corrected chi connectivity index (χ2v) is 7.10. The molecule has 1 saturated heterocycles. The van der Waals surface area contributed by atoms with Crippen molar-refractivity contribution in [3.8, 4) is 0 Å². The second-order valence-electron chi connectivity index (χ2n) is 6.67. The van der Waals surface area contributed by atoms with Crippen LogP contribution in [0.4, 0.5) is 0 Å². The quantitative estimate of drug-likeness (QED) is 0.621. The molecule has 0 radical (unpaired) electrons. The van der Waals surface area contributed by atoms with E-state index in [2.05, 4.69) is 52.0 Å². The monoisotopic (exact) mass is 371 g/mol. The molecule has 4 nitrogen and oxygen atoms in total. The van der Waals surface area contributed by atoms with Gasteiger partial charge in [-0.2, -0.15) is 0 Å². The van der Waals surface area contributed by atoms with E-state index < -0.39 is 0 Å². The van der Waals surface area contributed by atoms with Gasteiger partial charge in [0.25, 0.3) is 0 Å². The lowest BCUT2D eigenvalue weighted by molar-refractivity contribution is 0.0514. The van der Waals surface area contributed by atoms with Crippen LogP contribution in [0.5, 0.6) is 0 Å². The van der Waals surface area contributed by atoms with E-state index in [9.17, 15) is 0 Å². The maximum absolute atomic E-state index is 6.06. The maximum Gasteiger partial charge on any atom is 0.191 e. The standard InChI is InChI=1S/C21H26ClN3O/c1-23-20(24-15-17-6-5-9-19(22)14-17)25-16-21(10-12-26-13-11-21)18-7-3-2-4-8-18/h2-9,14H,10-13,15-16H2,1H3,(H2,23,24,25). The fourth-order valence-corrected chi connectivity index (χ4v) is 3.64. The Morgan fingerprint density at radius 1 is 1.08 bits per heavy atom. The van der Waals surface area contributed by atoms with E-state index in [-0.39, 0.29) is 5.41 Å². The van der Waals surface area contributed by atoms with E-state index >= 15 is 0 Å². The van der Waals surface area contributed by atoms with Gasteiger partial charge in [0, 0.05) is 43.8 Å². The van der Waals surface area contributed by atoms with E-state index in [0.717, 1.165) is 49.1 Å². The molecule has 0 aromatic heterocycles. The molecule has 1 aliphatic rings. The van der Waals surface area contributed by atoms with Crippen molar-refractivity contribution >= 4 is 17.6 Å². The Labute approximate surface area is 160 Å². The smallest absolute Gasteiger partial charge is 0.191 e. The Balaban J connectivity index is 1.64. The third kappa shape index (κ3) is 4.77. The molecule has 138 valence electrons. The van der Waals surface area contributed by atoms with E-state index in [4.69, 9.17) is 16.3 Å². The lowest BCUT2D eigenvalue weighted by atomic mass is 9.74. The Morgan fingerprint density at radius 3 is 2.54 bits per heavy atom.